The predicted molar refractivity (Wildman–Crippen MR) is 62.7 cm³/mol. The lowest BCUT2D eigenvalue weighted by molar-refractivity contribution is -0.135. The molecule has 0 aliphatic rings. The van der Waals surface area contributed by atoms with Gasteiger partial charge in [0.15, 0.2) is 0 Å². The third kappa shape index (κ3) is 5.55. The van der Waals surface area contributed by atoms with Gasteiger partial charge in [-0.1, -0.05) is 13.0 Å². The van der Waals surface area contributed by atoms with E-state index in [0.717, 1.165) is 12.1 Å². The molecule has 108 valence electrons. The van der Waals surface area contributed by atoms with E-state index in [1.54, 1.807) is 6.92 Å². The summed E-state index contributed by atoms with van der Waals surface area (Å²) in [6.07, 6.45) is -5.07. The molecule has 0 aliphatic heterocycles. The summed E-state index contributed by atoms with van der Waals surface area (Å²) in [5.74, 6) is -1.44. The molecule has 1 rings (SSSR count). The van der Waals surface area contributed by atoms with E-state index >= 15 is 0 Å². The number of hydrogen-bond acceptors (Lipinski definition) is 1. The van der Waals surface area contributed by atoms with E-state index < -0.39 is 30.3 Å². The van der Waals surface area contributed by atoms with Crippen LogP contribution in [0.25, 0.3) is 0 Å². The number of nitrogens with one attached hydrogen (secondary N) is 1. The van der Waals surface area contributed by atoms with Crippen LogP contribution in [0.15, 0.2) is 18.2 Å². The summed E-state index contributed by atoms with van der Waals surface area (Å²) in [6.45, 7) is 2.27. The van der Waals surface area contributed by atoms with Crippen molar-refractivity contribution in [3.05, 3.63) is 35.4 Å². The first-order valence-electron chi connectivity index (χ1n) is 6.08. The van der Waals surface area contributed by atoms with Gasteiger partial charge in [0.05, 0.1) is 0 Å². The maximum atomic E-state index is 13.6. The van der Waals surface area contributed by atoms with Crippen molar-refractivity contribution < 1.29 is 22.0 Å². The molecule has 0 saturated carbocycles. The summed E-state index contributed by atoms with van der Waals surface area (Å²) in [4.78, 5) is 0. The van der Waals surface area contributed by atoms with Crippen molar-refractivity contribution >= 4 is 0 Å². The molecule has 1 aromatic carbocycles. The second-order valence-corrected chi connectivity index (χ2v) is 4.28. The SMILES string of the molecule is CCNC(CCCC(F)(F)F)c1ccc(F)cc1F. The van der Waals surface area contributed by atoms with Gasteiger partial charge in [-0.15, -0.1) is 0 Å². The minimum Gasteiger partial charge on any atom is -0.310 e. The number of alkyl halides is 3. The van der Waals surface area contributed by atoms with E-state index in [4.69, 9.17) is 0 Å². The van der Waals surface area contributed by atoms with Gasteiger partial charge in [0.2, 0.25) is 0 Å². The molecular formula is C13H16F5N. The van der Waals surface area contributed by atoms with Gasteiger partial charge in [-0.05, 0) is 25.5 Å². The zero-order chi connectivity index (χ0) is 14.5. The molecule has 0 fully saturated rings. The molecule has 0 saturated heterocycles. The summed E-state index contributed by atoms with van der Waals surface area (Å²) in [5.41, 5.74) is 0.199. The first-order valence-corrected chi connectivity index (χ1v) is 6.08. The molecule has 0 heterocycles. The van der Waals surface area contributed by atoms with Crippen LogP contribution in [0.1, 0.15) is 37.8 Å². The Morgan fingerprint density at radius 1 is 1.21 bits per heavy atom. The van der Waals surface area contributed by atoms with E-state index in [0.29, 0.717) is 6.54 Å². The minimum atomic E-state index is -4.21. The first kappa shape index (κ1) is 15.9. The van der Waals surface area contributed by atoms with Gasteiger partial charge in [-0.3, -0.25) is 0 Å². The molecule has 19 heavy (non-hydrogen) atoms. The summed E-state index contributed by atoms with van der Waals surface area (Å²) < 4.78 is 62.6. The maximum Gasteiger partial charge on any atom is 0.389 e. The first-order chi connectivity index (χ1) is 8.83. The summed E-state index contributed by atoms with van der Waals surface area (Å²) in [5, 5.41) is 2.92. The average molecular weight is 281 g/mol. The van der Waals surface area contributed by atoms with Crippen molar-refractivity contribution in [2.45, 2.75) is 38.4 Å². The molecule has 0 radical (unpaired) electrons. The van der Waals surface area contributed by atoms with Crippen molar-refractivity contribution in [2.24, 2.45) is 0 Å². The van der Waals surface area contributed by atoms with Crippen LogP contribution in [-0.4, -0.2) is 12.7 Å². The van der Waals surface area contributed by atoms with Crippen LogP contribution in [0.2, 0.25) is 0 Å². The molecule has 1 N–H and O–H groups in total. The van der Waals surface area contributed by atoms with Gasteiger partial charge >= 0.3 is 6.18 Å². The van der Waals surface area contributed by atoms with Crippen LogP contribution in [0, 0.1) is 11.6 Å². The van der Waals surface area contributed by atoms with Gasteiger partial charge < -0.3 is 5.32 Å². The highest BCUT2D eigenvalue weighted by atomic mass is 19.4. The number of halogens is 5. The molecule has 1 nitrogen and oxygen atoms in total. The number of rotatable bonds is 6. The van der Waals surface area contributed by atoms with Gasteiger partial charge in [0.25, 0.3) is 0 Å². The standard InChI is InChI=1S/C13H16F5N/c1-2-19-12(4-3-7-13(16,17)18)10-6-5-9(14)8-11(10)15/h5-6,8,12,19H,2-4,7H2,1H3. The highest BCUT2D eigenvalue weighted by Gasteiger charge is 2.27. The van der Waals surface area contributed by atoms with Crippen LogP contribution in [0.4, 0.5) is 22.0 Å². The second kappa shape index (κ2) is 6.84. The Balaban J connectivity index is 2.71. The van der Waals surface area contributed by atoms with E-state index in [-0.39, 0.29) is 18.4 Å². The van der Waals surface area contributed by atoms with Gasteiger partial charge in [0, 0.05) is 24.1 Å². The fraction of sp³-hybridized carbons (Fsp3) is 0.538. The number of benzene rings is 1. The highest BCUT2D eigenvalue weighted by Crippen LogP contribution is 2.27. The lowest BCUT2D eigenvalue weighted by Gasteiger charge is -2.19. The summed E-state index contributed by atoms with van der Waals surface area (Å²) in [6, 6.07) is 2.58. The van der Waals surface area contributed by atoms with Crippen LogP contribution < -0.4 is 5.32 Å². The lowest BCUT2D eigenvalue weighted by Crippen LogP contribution is -2.22. The quantitative estimate of drug-likeness (QED) is 0.764. The Labute approximate surface area is 108 Å². The van der Waals surface area contributed by atoms with Crippen molar-refractivity contribution in [1.29, 1.82) is 0 Å². The molecule has 0 aliphatic carbocycles. The Hall–Kier alpha value is -1.17. The molecule has 1 aromatic rings. The molecule has 1 unspecified atom stereocenters. The fourth-order valence-electron chi connectivity index (χ4n) is 1.90. The zero-order valence-electron chi connectivity index (χ0n) is 10.5. The van der Waals surface area contributed by atoms with Crippen molar-refractivity contribution in [3.63, 3.8) is 0 Å². The lowest BCUT2D eigenvalue weighted by atomic mass is 10.00. The van der Waals surface area contributed by atoms with Gasteiger partial charge in [-0.25, -0.2) is 8.78 Å². The zero-order valence-corrected chi connectivity index (χ0v) is 10.5. The molecule has 0 bridgehead atoms. The monoisotopic (exact) mass is 281 g/mol. The van der Waals surface area contributed by atoms with E-state index in [2.05, 4.69) is 5.32 Å². The van der Waals surface area contributed by atoms with E-state index in [1.165, 1.54) is 6.07 Å². The molecule has 6 heteroatoms. The van der Waals surface area contributed by atoms with Gasteiger partial charge in [-0.2, -0.15) is 13.2 Å². The Morgan fingerprint density at radius 2 is 1.89 bits per heavy atom. The van der Waals surface area contributed by atoms with Crippen LogP contribution >= 0.6 is 0 Å². The van der Waals surface area contributed by atoms with Crippen molar-refractivity contribution in [1.82, 2.24) is 5.32 Å². The van der Waals surface area contributed by atoms with Crippen molar-refractivity contribution in [2.75, 3.05) is 6.54 Å². The second-order valence-electron chi connectivity index (χ2n) is 4.28. The normalized spacial score (nSPS) is 13.6. The number of hydrogen-bond donors (Lipinski definition) is 1. The smallest absolute Gasteiger partial charge is 0.310 e. The van der Waals surface area contributed by atoms with Gasteiger partial charge in [0.1, 0.15) is 11.6 Å². The van der Waals surface area contributed by atoms with E-state index in [1.807, 2.05) is 0 Å². The largest absolute Gasteiger partial charge is 0.389 e. The summed E-state index contributed by atoms with van der Waals surface area (Å²) in [7, 11) is 0. The van der Waals surface area contributed by atoms with Crippen molar-refractivity contribution in [3.8, 4) is 0 Å². The Kier molecular flexibility index (Phi) is 5.72. The molecule has 1 atom stereocenters. The van der Waals surface area contributed by atoms with Crippen LogP contribution in [-0.2, 0) is 0 Å². The molecular weight excluding hydrogens is 265 g/mol. The highest BCUT2D eigenvalue weighted by molar-refractivity contribution is 5.22. The average Bonchev–Trinajstić information content (AvgIpc) is 2.26. The Morgan fingerprint density at radius 3 is 2.42 bits per heavy atom. The predicted octanol–water partition coefficient (Wildman–Crippen LogP) is 4.35. The minimum absolute atomic E-state index is 0.0992. The molecule has 0 aromatic heterocycles. The summed E-state index contributed by atoms with van der Waals surface area (Å²) >= 11 is 0. The molecule has 0 amide bonds. The van der Waals surface area contributed by atoms with Crippen LogP contribution in [0.5, 0.6) is 0 Å². The third-order valence-corrected chi connectivity index (χ3v) is 2.74. The van der Waals surface area contributed by atoms with Crippen LogP contribution in [0.3, 0.4) is 0 Å². The topological polar surface area (TPSA) is 12.0 Å². The van der Waals surface area contributed by atoms with E-state index in [9.17, 15) is 22.0 Å². The third-order valence-electron chi connectivity index (χ3n) is 2.74. The maximum absolute atomic E-state index is 13.6. The molecule has 0 spiro atoms. The fourth-order valence-corrected chi connectivity index (χ4v) is 1.90. The Bertz CT molecular complexity index is 403.